The van der Waals surface area contributed by atoms with Gasteiger partial charge in [0, 0.05) is 28.3 Å². The molecule has 1 N–H and O–H groups in total. The summed E-state index contributed by atoms with van der Waals surface area (Å²) in [6.45, 7) is 3.42. The van der Waals surface area contributed by atoms with E-state index in [-0.39, 0.29) is 0 Å². The second-order valence-electron chi connectivity index (χ2n) is 4.71. The fourth-order valence-electron chi connectivity index (χ4n) is 2.66. The highest BCUT2D eigenvalue weighted by Gasteiger charge is 2.32. The summed E-state index contributed by atoms with van der Waals surface area (Å²) >= 11 is 3.42. The predicted molar refractivity (Wildman–Crippen MR) is 70.5 cm³/mol. The van der Waals surface area contributed by atoms with Crippen LogP contribution in [-0.2, 0) is 6.42 Å². The maximum atomic E-state index is 4.48. The third-order valence-corrected chi connectivity index (χ3v) is 3.84. The Morgan fingerprint density at radius 2 is 2.38 bits per heavy atom. The number of pyridine rings is 1. The lowest BCUT2D eigenvalue weighted by Gasteiger charge is -2.29. The highest BCUT2D eigenvalue weighted by atomic mass is 79.9. The molecule has 1 aromatic heterocycles. The van der Waals surface area contributed by atoms with Crippen LogP contribution in [0.4, 0.5) is 0 Å². The predicted octanol–water partition coefficient (Wildman–Crippen LogP) is 3.31. The maximum absolute atomic E-state index is 4.48. The summed E-state index contributed by atoms with van der Waals surface area (Å²) in [5, 5.41) is 3.68. The molecule has 1 aliphatic heterocycles. The minimum Gasteiger partial charge on any atom is -0.311 e. The number of hydrogen-bond donors (Lipinski definition) is 1. The summed E-state index contributed by atoms with van der Waals surface area (Å²) in [5.74, 6) is 0. The van der Waals surface area contributed by atoms with E-state index < -0.39 is 0 Å². The average molecular weight is 283 g/mol. The molecule has 1 saturated heterocycles. The Bertz CT molecular complexity index is 328. The summed E-state index contributed by atoms with van der Waals surface area (Å²) < 4.78 is 1.06. The van der Waals surface area contributed by atoms with E-state index in [4.69, 9.17) is 0 Å². The van der Waals surface area contributed by atoms with E-state index in [1.54, 1.807) is 0 Å². The number of halogens is 1. The Morgan fingerprint density at radius 1 is 1.50 bits per heavy atom. The fourth-order valence-corrected chi connectivity index (χ4v) is 2.89. The number of hydrogen-bond acceptors (Lipinski definition) is 2. The van der Waals surface area contributed by atoms with Crippen LogP contribution in [0.1, 0.15) is 38.3 Å². The third kappa shape index (κ3) is 2.83. The quantitative estimate of drug-likeness (QED) is 0.917. The minimum atomic E-state index is 0.315. The number of rotatable bonds is 4. The first-order valence-electron chi connectivity index (χ1n) is 6.10. The van der Waals surface area contributed by atoms with Gasteiger partial charge in [-0.2, -0.15) is 0 Å². The summed E-state index contributed by atoms with van der Waals surface area (Å²) in [4.78, 5) is 4.48. The van der Waals surface area contributed by atoms with Crippen molar-refractivity contribution in [3.8, 4) is 0 Å². The van der Waals surface area contributed by atoms with Crippen molar-refractivity contribution in [3.05, 3.63) is 28.5 Å². The van der Waals surface area contributed by atoms with Gasteiger partial charge in [0.15, 0.2) is 0 Å². The highest BCUT2D eigenvalue weighted by molar-refractivity contribution is 9.10. The monoisotopic (exact) mass is 282 g/mol. The van der Waals surface area contributed by atoms with Crippen LogP contribution in [0.25, 0.3) is 0 Å². The molecule has 0 radical (unpaired) electrons. The molecular weight excluding hydrogens is 264 g/mol. The summed E-state index contributed by atoms with van der Waals surface area (Å²) in [6, 6.07) is 4.21. The summed E-state index contributed by atoms with van der Waals surface area (Å²) in [7, 11) is 0. The van der Waals surface area contributed by atoms with E-state index in [1.165, 1.54) is 31.4 Å². The van der Waals surface area contributed by atoms with E-state index in [1.807, 2.05) is 6.20 Å². The molecule has 0 saturated carbocycles. The van der Waals surface area contributed by atoms with Crippen molar-refractivity contribution in [2.75, 3.05) is 6.54 Å². The van der Waals surface area contributed by atoms with Crippen molar-refractivity contribution >= 4 is 15.9 Å². The SMILES string of the molecule is CCCC1(Cc2ccc(Br)cn2)CCCN1. The molecule has 0 bridgehead atoms. The van der Waals surface area contributed by atoms with Gasteiger partial charge >= 0.3 is 0 Å². The molecule has 2 heterocycles. The number of aromatic nitrogens is 1. The first kappa shape index (κ1) is 12.1. The Labute approximate surface area is 106 Å². The molecule has 1 aliphatic rings. The van der Waals surface area contributed by atoms with Gasteiger partial charge in [0.1, 0.15) is 0 Å². The molecule has 0 aliphatic carbocycles. The Balaban J connectivity index is 2.08. The Hall–Kier alpha value is -0.410. The molecule has 88 valence electrons. The third-order valence-electron chi connectivity index (χ3n) is 3.37. The molecule has 0 spiro atoms. The van der Waals surface area contributed by atoms with E-state index in [0.717, 1.165) is 17.4 Å². The normalized spacial score (nSPS) is 24.9. The number of nitrogens with one attached hydrogen (secondary N) is 1. The van der Waals surface area contributed by atoms with Gasteiger partial charge in [-0.15, -0.1) is 0 Å². The fraction of sp³-hybridized carbons (Fsp3) is 0.615. The van der Waals surface area contributed by atoms with E-state index >= 15 is 0 Å². The lowest BCUT2D eigenvalue weighted by molar-refractivity contribution is 0.339. The molecule has 0 aromatic carbocycles. The summed E-state index contributed by atoms with van der Waals surface area (Å²) in [5.41, 5.74) is 1.52. The van der Waals surface area contributed by atoms with Gasteiger partial charge in [-0.1, -0.05) is 13.3 Å². The zero-order valence-corrected chi connectivity index (χ0v) is 11.4. The molecular formula is C13H19BrN2. The zero-order valence-electron chi connectivity index (χ0n) is 9.80. The van der Waals surface area contributed by atoms with Crippen molar-refractivity contribution in [2.45, 2.75) is 44.6 Å². The standard InChI is InChI=1S/C13H19BrN2/c1-2-6-13(7-3-8-16-13)9-12-5-4-11(14)10-15-12/h4-5,10,16H,2-3,6-9H2,1H3. The van der Waals surface area contributed by atoms with Gasteiger partial charge in [0.2, 0.25) is 0 Å². The molecule has 1 aromatic rings. The van der Waals surface area contributed by atoms with Crippen LogP contribution in [0.3, 0.4) is 0 Å². The maximum Gasteiger partial charge on any atom is 0.0422 e. The van der Waals surface area contributed by atoms with Gasteiger partial charge in [-0.25, -0.2) is 0 Å². The van der Waals surface area contributed by atoms with Crippen molar-refractivity contribution in [3.63, 3.8) is 0 Å². The highest BCUT2D eigenvalue weighted by Crippen LogP contribution is 2.28. The van der Waals surface area contributed by atoms with Crippen LogP contribution >= 0.6 is 15.9 Å². The van der Waals surface area contributed by atoms with E-state index in [0.29, 0.717) is 5.54 Å². The first-order chi connectivity index (χ1) is 7.74. The second kappa shape index (κ2) is 5.28. The van der Waals surface area contributed by atoms with Crippen LogP contribution in [0.2, 0.25) is 0 Å². The molecule has 2 rings (SSSR count). The Morgan fingerprint density at radius 3 is 2.94 bits per heavy atom. The molecule has 1 fully saturated rings. The topological polar surface area (TPSA) is 24.9 Å². The molecule has 0 amide bonds. The zero-order chi connectivity index (χ0) is 11.4. The molecule has 1 atom stereocenters. The van der Waals surface area contributed by atoms with Crippen molar-refractivity contribution < 1.29 is 0 Å². The van der Waals surface area contributed by atoms with Crippen LogP contribution < -0.4 is 5.32 Å². The van der Waals surface area contributed by atoms with Crippen LogP contribution in [0.5, 0.6) is 0 Å². The van der Waals surface area contributed by atoms with Crippen LogP contribution in [0.15, 0.2) is 22.8 Å². The second-order valence-corrected chi connectivity index (χ2v) is 5.62. The van der Waals surface area contributed by atoms with Crippen LogP contribution in [-0.4, -0.2) is 17.1 Å². The Kier molecular flexibility index (Phi) is 3.98. The van der Waals surface area contributed by atoms with Gasteiger partial charge < -0.3 is 5.32 Å². The van der Waals surface area contributed by atoms with Crippen molar-refractivity contribution in [2.24, 2.45) is 0 Å². The van der Waals surface area contributed by atoms with E-state index in [2.05, 4.69) is 45.3 Å². The summed E-state index contributed by atoms with van der Waals surface area (Å²) in [6.07, 6.45) is 8.04. The smallest absolute Gasteiger partial charge is 0.0422 e. The molecule has 1 unspecified atom stereocenters. The largest absolute Gasteiger partial charge is 0.311 e. The minimum absolute atomic E-state index is 0.315. The molecule has 3 heteroatoms. The molecule has 2 nitrogen and oxygen atoms in total. The first-order valence-corrected chi connectivity index (χ1v) is 6.89. The van der Waals surface area contributed by atoms with Gasteiger partial charge in [-0.3, -0.25) is 4.98 Å². The van der Waals surface area contributed by atoms with Gasteiger partial charge in [-0.05, 0) is 53.9 Å². The van der Waals surface area contributed by atoms with Crippen molar-refractivity contribution in [1.29, 1.82) is 0 Å². The van der Waals surface area contributed by atoms with Gasteiger partial charge in [0.25, 0.3) is 0 Å². The van der Waals surface area contributed by atoms with Crippen molar-refractivity contribution in [1.82, 2.24) is 10.3 Å². The average Bonchev–Trinajstić information content (AvgIpc) is 2.71. The lowest BCUT2D eigenvalue weighted by atomic mass is 9.87. The lowest BCUT2D eigenvalue weighted by Crippen LogP contribution is -2.41. The van der Waals surface area contributed by atoms with Crippen LogP contribution in [0, 0.1) is 0 Å². The van der Waals surface area contributed by atoms with E-state index in [9.17, 15) is 0 Å². The van der Waals surface area contributed by atoms with Gasteiger partial charge in [0.05, 0.1) is 0 Å². The molecule has 16 heavy (non-hydrogen) atoms. The number of nitrogens with zero attached hydrogens (tertiary/aromatic N) is 1.